The molecule has 1 fully saturated rings. The molecule has 1 saturated carbocycles. The smallest absolute Gasteiger partial charge is 0.327 e. The Hall–Kier alpha value is -3.44. The van der Waals surface area contributed by atoms with Crippen molar-refractivity contribution in [2.45, 2.75) is 65.4 Å². The normalized spacial score (nSPS) is 17.7. The van der Waals surface area contributed by atoms with Crippen LogP contribution in [-0.2, 0) is 22.5 Å². The summed E-state index contributed by atoms with van der Waals surface area (Å²) >= 11 is 4.62. The number of unbranched alkanes of at least 4 members (excludes halogenated alkanes) is 1. The van der Waals surface area contributed by atoms with E-state index in [2.05, 4.69) is 34.8 Å². The highest BCUT2D eigenvalue weighted by Crippen LogP contribution is 2.41. The number of aryl methyl sites for hydroxylation is 2. The van der Waals surface area contributed by atoms with Crippen LogP contribution in [0.4, 0.5) is 5.69 Å². The van der Waals surface area contributed by atoms with Gasteiger partial charge in [-0.3, -0.25) is 9.59 Å². The fourth-order valence-electron chi connectivity index (χ4n) is 6.19. The number of nitrogens with one attached hydrogen (secondary N) is 1. The molecule has 266 valence electrons. The SMILES string of the molecule is CCN(C[C@@H]1CC[C@H]1[C@H](/C=C/C[C@H](C)C[S+]([O-])NC(=O)c1cc(C)co1)OC)c1cc(C(N)=O)ccc1OCCCCc1cccc(Cl)c1. The molecule has 5 atom stereocenters. The summed E-state index contributed by atoms with van der Waals surface area (Å²) in [6.45, 7) is 8.05. The van der Waals surface area contributed by atoms with Crippen LogP contribution < -0.4 is 20.1 Å². The second-order valence-corrected chi connectivity index (χ2v) is 14.6. The second kappa shape index (κ2) is 19.1. The molecule has 3 N–H and O–H groups in total. The molecule has 0 radical (unpaired) electrons. The Kier molecular flexibility index (Phi) is 14.9. The van der Waals surface area contributed by atoms with E-state index in [9.17, 15) is 14.1 Å². The minimum absolute atomic E-state index is 0.0516. The lowest BCUT2D eigenvalue weighted by Gasteiger charge is -2.43. The number of carbonyl (C=O) groups is 2. The van der Waals surface area contributed by atoms with E-state index < -0.39 is 23.2 Å². The van der Waals surface area contributed by atoms with Gasteiger partial charge in [0, 0.05) is 36.7 Å². The highest BCUT2D eigenvalue weighted by Gasteiger charge is 2.37. The number of anilines is 1. The van der Waals surface area contributed by atoms with Crippen LogP contribution >= 0.6 is 11.6 Å². The zero-order valence-corrected chi connectivity index (χ0v) is 30.6. The third-order valence-electron chi connectivity index (χ3n) is 9.06. The zero-order valence-electron chi connectivity index (χ0n) is 29.0. The van der Waals surface area contributed by atoms with Crippen LogP contribution in [0.3, 0.4) is 0 Å². The van der Waals surface area contributed by atoms with E-state index in [1.165, 1.54) is 11.8 Å². The fraction of sp³-hybridized carbons (Fsp3) is 0.474. The number of hydrogen-bond donors (Lipinski definition) is 2. The average Bonchev–Trinajstić information content (AvgIpc) is 3.50. The van der Waals surface area contributed by atoms with Gasteiger partial charge in [-0.1, -0.05) is 42.8 Å². The van der Waals surface area contributed by atoms with Crippen LogP contribution in [-0.4, -0.2) is 55.0 Å². The maximum Gasteiger partial charge on any atom is 0.327 e. The lowest BCUT2D eigenvalue weighted by molar-refractivity contribution is 0.0135. The number of hydrogen-bond acceptors (Lipinski definition) is 7. The van der Waals surface area contributed by atoms with Crippen molar-refractivity contribution in [1.82, 2.24) is 4.72 Å². The van der Waals surface area contributed by atoms with E-state index in [1.54, 1.807) is 19.2 Å². The van der Waals surface area contributed by atoms with Crippen molar-refractivity contribution in [2.75, 3.05) is 37.5 Å². The van der Waals surface area contributed by atoms with Crippen LogP contribution in [0.1, 0.15) is 78.0 Å². The van der Waals surface area contributed by atoms with Crippen LogP contribution in [0.2, 0.25) is 5.02 Å². The Morgan fingerprint density at radius 3 is 2.67 bits per heavy atom. The maximum atomic E-state index is 12.5. The first kappa shape index (κ1) is 38.4. The van der Waals surface area contributed by atoms with E-state index in [0.717, 1.165) is 67.2 Å². The number of halogens is 1. The van der Waals surface area contributed by atoms with E-state index in [4.69, 9.17) is 31.2 Å². The first-order valence-corrected chi connectivity index (χ1v) is 18.8. The molecule has 11 heteroatoms. The van der Waals surface area contributed by atoms with Crippen molar-refractivity contribution in [3.8, 4) is 5.75 Å². The Morgan fingerprint density at radius 2 is 2.02 bits per heavy atom. The number of allylic oxidation sites excluding steroid dienone is 1. The number of methoxy groups -OCH3 is 1. The predicted molar refractivity (Wildman–Crippen MR) is 197 cm³/mol. The summed E-state index contributed by atoms with van der Waals surface area (Å²) in [7, 11) is 1.74. The molecule has 2 aromatic carbocycles. The van der Waals surface area contributed by atoms with Crippen LogP contribution in [0, 0.1) is 24.7 Å². The van der Waals surface area contributed by atoms with Gasteiger partial charge in [0.1, 0.15) is 11.5 Å². The quantitative estimate of drug-likeness (QED) is 0.0716. The van der Waals surface area contributed by atoms with Crippen molar-refractivity contribution in [3.63, 3.8) is 0 Å². The topological polar surface area (TPSA) is 130 Å². The molecule has 3 aromatic rings. The van der Waals surface area contributed by atoms with Gasteiger partial charge in [0.2, 0.25) is 5.91 Å². The van der Waals surface area contributed by atoms with Gasteiger partial charge >= 0.3 is 5.91 Å². The van der Waals surface area contributed by atoms with Gasteiger partial charge in [-0.25, -0.2) is 0 Å². The highest BCUT2D eigenvalue weighted by molar-refractivity contribution is 7.90. The van der Waals surface area contributed by atoms with Crippen molar-refractivity contribution in [2.24, 2.45) is 23.5 Å². The summed E-state index contributed by atoms with van der Waals surface area (Å²) in [6.07, 6.45) is 11.3. The molecule has 9 nitrogen and oxygen atoms in total. The minimum Gasteiger partial charge on any atom is -0.593 e. The third kappa shape index (κ3) is 11.6. The van der Waals surface area contributed by atoms with E-state index in [0.29, 0.717) is 36.2 Å². The standard InChI is InChI=1S/C38H50ClN3O6S/c1-5-42(33-22-29(37(40)43)16-18-35(33)47-19-7-6-11-28-12-9-13-31(39)21-28)23-30-15-17-32(30)34(46-4)14-8-10-26(2)25-49(45)41-38(44)36-20-27(3)24-48-36/h8-9,12-14,16,18,20-22,24,26,30,32,34H,5-7,10-11,15,17,19,23,25H2,1-4H3,(H2,40,43)(H,41,44)/b14-8+/t26-,30-,32+,34-,49?/m0/s1. The third-order valence-corrected chi connectivity index (χ3v) is 10.6. The molecular formula is C38H50ClN3O6S. The summed E-state index contributed by atoms with van der Waals surface area (Å²) in [5.74, 6) is 1.11. The van der Waals surface area contributed by atoms with Gasteiger partial charge in [-0.2, -0.15) is 4.72 Å². The largest absolute Gasteiger partial charge is 0.593 e. The van der Waals surface area contributed by atoms with Gasteiger partial charge in [0.25, 0.3) is 0 Å². The molecule has 49 heavy (non-hydrogen) atoms. The van der Waals surface area contributed by atoms with Crippen LogP contribution in [0.15, 0.2) is 71.4 Å². The molecule has 0 bridgehead atoms. The lowest BCUT2D eigenvalue weighted by atomic mass is 9.70. The summed E-state index contributed by atoms with van der Waals surface area (Å²) < 4.78 is 32.5. The number of ether oxygens (including phenoxy) is 2. The maximum absolute atomic E-state index is 12.5. The van der Waals surface area contributed by atoms with Gasteiger partial charge < -0.3 is 29.1 Å². The average molecular weight is 712 g/mol. The Bertz CT molecular complexity index is 1550. The number of nitrogens with zero attached hydrogens (tertiary/aromatic N) is 1. The molecule has 0 saturated heterocycles. The van der Waals surface area contributed by atoms with E-state index in [-0.39, 0.29) is 17.8 Å². The molecule has 0 spiro atoms. The first-order chi connectivity index (χ1) is 23.6. The molecule has 2 amide bonds. The number of amides is 2. The van der Waals surface area contributed by atoms with Crippen molar-refractivity contribution in [1.29, 1.82) is 0 Å². The van der Waals surface area contributed by atoms with Crippen molar-refractivity contribution < 1.29 is 28.0 Å². The molecule has 1 unspecified atom stereocenters. The van der Waals surface area contributed by atoms with E-state index in [1.807, 2.05) is 44.2 Å². The summed E-state index contributed by atoms with van der Waals surface area (Å²) in [4.78, 5) is 26.6. The predicted octanol–water partition coefficient (Wildman–Crippen LogP) is 7.29. The summed E-state index contributed by atoms with van der Waals surface area (Å²) in [5.41, 5.74) is 9.04. The summed E-state index contributed by atoms with van der Waals surface area (Å²) in [5, 5.41) is 0.749. The number of carbonyl (C=O) groups excluding carboxylic acids is 2. The van der Waals surface area contributed by atoms with Crippen LogP contribution in [0.25, 0.3) is 0 Å². The molecule has 0 aliphatic heterocycles. The van der Waals surface area contributed by atoms with E-state index >= 15 is 0 Å². The molecule has 1 aliphatic rings. The molecule has 1 aromatic heterocycles. The Morgan fingerprint density at radius 1 is 1.20 bits per heavy atom. The lowest BCUT2D eigenvalue weighted by Crippen LogP contribution is -2.43. The number of benzene rings is 2. The van der Waals surface area contributed by atoms with Gasteiger partial charge in [0.15, 0.2) is 5.76 Å². The number of nitrogens with two attached hydrogens (primary N) is 1. The van der Waals surface area contributed by atoms with Gasteiger partial charge in [0.05, 0.1) is 36.0 Å². The van der Waals surface area contributed by atoms with Gasteiger partial charge in [-0.05, 0) is 112 Å². The summed E-state index contributed by atoms with van der Waals surface area (Å²) in [6, 6.07) is 15.0. The fourth-order valence-corrected chi connectivity index (χ4v) is 7.45. The number of rotatable bonds is 20. The Labute approximate surface area is 298 Å². The molecular weight excluding hydrogens is 662 g/mol. The number of primary amides is 1. The highest BCUT2D eigenvalue weighted by atomic mass is 35.5. The molecule has 1 heterocycles. The minimum atomic E-state index is -1.51. The second-order valence-electron chi connectivity index (χ2n) is 12.9. The van der Waals surface area contributed by atoms with Gasteiger partial charge in [-0.15, -0.1) is 0 Å². The van der Waals surface area contributed by atoms with Crippen LogP contribution in [0.5, 0.6) is 5.75 Å². The number of furan rings is 1. The monoisotopic (exact) mass is 711 g/mol. The van der Waals surface area contributed by atoms with Crippen molar-refractivity contribution in [3.05, 3.63) is 94.4 Å². The molecule has 4 rings (SSSR count). The Balaban J connectivity index is 1.30. The van der Waals surface area contributed by atoms with Crippen molar-refractivity contribution >= 4 is 40.5 Å². The molecule has 1 aliphatic carbocycles. The first-order valence-electron chi connectivity index (χ1n) is 17.1. The zero-order chi connectivity index (χ0) is 35.3.